The minimum atomic E-state index is -0.627. The summed E-state index contributed by atoms with van der Waals surface area (Å²) in [5.41, 5.74) is 1.19. The quantitative estimate of drug-likeness (QED) is 0.726. The van der Waals surface area contributed by atoms with Gasteiger partial charge in [0.1, 0.15) is 11.8 Å². The third-order valence-corrected chi connectivity index (χ3v) is 3.99. The maximum atomic E-state index is 11.9. The lowest BCUT2D eigenvalue weighted by Crippen LogP contribution is -2.50. The largest absolute Gasteiger partial charge is 0.467 e. The van der Waals surface area contributed by atoms with Crippen LogP contribution in [0.5, 0.6) is 0 Å². The highest BCUT2D eigenvalue weighted by Gasteiger charge is 2.16. The van der Waals surface area contributed by atoms with E-state index in [1.165, 1.54) is 5.56 Å². The molecule has 2 atom stereocenters. The summed E-state index contributed by atoms with van der Waals surface area (Å²) in [6.07, 6.45) is 2.31. The Balaban J connectivity index is 1.69. The Morgan fingerprint density at radius 2 is 2.09 bits per heavy atom. The molecular formula is C16H21N3O3S. The molecule has 0 saturated heterocycles. The maximum absolute atomic E-state index is 11.9. The van der Waals surface area contributed by atoms with E-state index in [1.807, 2.05) is 18.4 Å². The molecule has 0 radical (unpaired) electrons. The fraction of sp³-hybridized carbons (Fsp3) is 0.375. The normalized spacial score (nSPS) is 13.1. The molecule has 0 fully saturated rings. The molecule has 2 heterocycles. The Kier molecular flexibility index (Phi) is 6.22. The van der Waals surface area contributed by atoms with Crippen molar-refractivity contribution in [1.82, 2.24) is 16.0 Å². The van der Waals surface area contributed by atoms with E-state index in [-0.39, 0.29) is 18.0 Å². The Morgan fingerprint density at radius 3 is 2.74 bits per heavy atom. The minimum Gasteiger partial charge on any atom is -0.467 e. The predicted molar refractivity (Wildman–Crippen MR) is 89.2 cm³/mol. The second-order valence-corrected chi connectivity index (χ2v) is 6.15. The predicted octanol–water partition coefficient (Wildman–Crippen LogP) is 2.28. The van der Waals surface area contributed by atoms with Gasteiger partial charge in [0.05, 0.1) is 12.8 Å². The number of rotatable bonds is 7. The number of carbonyl (C=O) groups excluding carboxylic acids is 2. The zero-order chi connectivity index (χ0) is 16.7. The number of furan rings is 1. The monoisotopic (exact) mass is 335 g/mol. The van der Waals surface area contributed by atoms with Crippen LogP contribution in [0.4, 0.5) is 4.79 Å². The second-order valence-electron chi connectivity index (χ2n) is 5.37. The summed E-state index contributed by atoms with van der Waals surface area (Å²) in [5, 5.41) is 12.2. The van der Waals surface area contributed by atoms with Crippen molar-refractivity contribution in [1.29, 1.82) is 0 Å². The van der Waals surface area contributed by atoms with Gasteiger partial charge in [0.25, 0.3) is 0 Å². The van der Waals surface area contributed by atoms with Crippen molar-refractivity contribution in [3.05, 3.63) is 46.5 Å². The van der Waals surface area contributed by atoms with Gasteiger partial charge >= 0.3 is 6.03 Å². The van der Waals surface area contributed by atoms with Gasteiger partial charge in [-0.2, -0.15) is 11.3 Å². The number of nitrogens with one attached hydrogen (secondary N) is 3. The fourth-order valence-electron chi connectivity index (χ4n) is 2.08. The topological polar surface area (TPSA) is 83.4 Å². The third kappa shape index (κ3) is 5.78. The van der Waals surface area contributed by atoms with Crippen LogP contribution in [0.2, 0.25) is 0 Å². The summed E-state index contributed by atoms with van der Waals surface area (Å²) in [6, 6.07) is 4.57. The van der Waals surface area contributed by atoms with E-state index in [4.69, 9.17) is 4.42 Å². The molecule has 0 aliphatic heterocycles. The van der Waals surface area contributed by atoms with Crippen molar-refractivity contribution in [2.24, 2.45) is 0 Å². The van der Waals surface area contributed by atoms with E-state index >= 15 is 0 Å². The van der Waals surface area contributed by atoms with Gasteiger partial charge in [-0.05, 0) is 54.8 Å². The summed E-state index contributed by atoms with van der Waals surface area (Å²) in [5.74, 6) is 0.404. The molecule has 7 heteroatoms. The number of thiophene rings is 1. The molecule has 0 aliphatic carbocycles. The van der Waals surface area contributed by atoms with Crippen LogP contribution in [0.25, 0.3) is 0 Å². The van der Waals surface area contributed by atoms with Crippen molar-refractivity contribution >= 4 is 23.3 Å². The van der Waals surface area contributed by atoms with Crippen molar-refractivity contribution < 1.29 is 14.0 Å². The van der Waals surface area contributed by atoms with Crippen LogP contribution in [-0.2, 0) is 17.8 Å². The van der Waals surface area contributed by atoms with Crippen molar-refractivity contribution in [3.63, 3.8) is 0 Å². The number of carbonyl (C=O) groups is 2. The highest BCUT2D eigenvalue weighted by atomic mass is 32.1. The standard InChI is InChI=1S/C16H21N3O3S/c1-11(8-13-5-7-23-10-13)18-16(21)19-12(2)15(20)17-9-14-4-3-6-22-14/h3-7,10-12H,8-9H2,1-2H3,(H,17,20)(H2,18,19,21). The molecule has 0 aliphatic rings. The molecule has 0 saturated carbocycles. The zero-order valence-electron chi connectivity index (χ0n) is 13.2. The van der Waals surface area contributed by atoms with Crippen LogP contribution in [0.3, 0.4) is 0 Å². The third-order valence-electron chi connectivity index (χ3n) is 3.26. The SMILES string of the molecule is CC(Cc1ccsc1)NC(=O)NC(C)C(=O)NCc1ccco1. The lowest BCUT2D eigenvalue weighted by molar-refractivity contribution is -0.122. The molecule has 0 spiro atoms. The van der Waals surface area contributed by atoms with Gasteiger partial charge < -0.3 is 20.4 Å². The first kappa shape index (κ1) is 17.1. The average molecular weight is 335 g/mol. The first-order valence-electron chi connectivity index (χ1n) is 7.43. The van der Waals surface area contributed by atoms with Gasteiger partial charge in [-0.25, -0.2) is 4.79 Å². The van der Waals surface area contributed by atoms with Crippen LogP contribution >= 0.6 is 11.3 Å². The lowest BCUT2D eigenvalue weighted by atomic mass is 10.1. The van der Waals surface area contributed by atoms with E-state index in [9.17, 15) is 9.59 Å². The molecule has 2 rings (SSSR count). The van der Waals surface area contributed by atoms with Gasteiger partial charge in [0.2, 0.25) is 5.91 Å². The molecule has 0 bridgehead atoms. The number of hydrogen-bond donors (Lipinski definition) is 3. The summed E-state index contributed by atoms with van der Waals surface area (Å²) in [6.45, 7) is 3.87. The molecule has 2 aromatic rings. The van der Waals surface area contributed by atoms with Crippen molar-refractivity contribution in [2.75, 3.05) is 0 Å². The van der Waals surface area contributed by atoms with Crippen LogP contribution in [0.15, 0.2) is 39.6 Å². The van der Waals surface area contributed by atoms with Crippen LogP contribution in [0, 0.1) is 0 Å². The van der Waals surface area contributed by atoms with E-state index < -0.39 is 6.04 Å². The van der Waals surface area contributed by atoms with Crippen LogP contribution in [0.1, 0.15) is 25.2 Å². The lowest BCUT2D eigenvalue weighted by Gasteiger charge is -2.17. The summed E-state index contributed by atoms with van der Waals surface area (Å²) in [4.78, 5) is 23.8. The molecule has 3 N–H and O–H groups in total. The molecule has 2 unspecified atom stereocenters. The van der Waals surface area contributed by atoms with E-state index in [2.05, 4.69) is 21.3 Å². The first-order chi connectivity index (χ1) is 11.0. The second kappa shape index (κ2) is 8.38. The molecule has 2 aromatic heterocycles. The van der Waals surface area contributed by atoms with Gasteiger partial charge in [0.15, 0.2) is 0 Å². The summed E-state index contributed by atoms with van der Waals surface area (Å²) in [7, 11) is 0. The minimum absolute atomic E-state index is 0.0111. The maximum Gasteiger partial charge on any atom is 0.315 e. The van der Waals surface area contributed by atoms with Gasteiger partial charge in [-0.15, -0.1) is 0 Å². The molecule has 6 nitrogen and oxygen atoms in total. The molecule has 0 aromatic carbocycles. The highest BCUT2D eigenvalue weighted by Crippen LogP contribution is 2.08. The van der Waals surface area contributed by atoms with E-state index in [0.717, 1.165) is 6.42 Å². The Bertz CT molecular complexity index is 611. The first-order valence-corrected chi connectivity index (χ1v) is 8.37. The Morgan fingerprint density at radius 1 is 1.26 bits per heavy atom. The molecule has 124 valence electrons. The zero-order valence-corrected chi connectivity index (χ0v) is 14.0. The van der Waals surface area contributed by atoms with Crippen LogP contribution in [-0.4, -0.2) is 24.0 Å². The van der Waals surface area contributed by atoms with Gasteiger partial charge in [-0.1, -0.05) is 0 Å². The van der Waals surface area contributed by atoms with Gasteiger partial charge in [0, 0.05) is 6.04 Å². The van der Waals surface area contributed by atoms with Gasteiger partial charge in [-0.3, -0.25) is 4.79 Å². The molecule has 23 heavy (non-hydrogen) atoms. The highest BCUT2D eigenvalue weighted by molar-refractivity contribution is 7.07. The smallest absolute Gasteiger partial charge is 0.315 e. The van der Waals surface area contributed by atoms with E-state index in [1.54, 1.807) is 36.7 Å². The Hall–Kier alpha value is -2.28. The number of amides is 3. The van der Waals surface area contributed by atoms with Crippen molar-refractivity contribution in [2.45, 2.75) is 38.9 Å². The van der Waals surface area contributed by atoms with Crippen LogP contribution < -0.4 is 16.0 Å². The summed E-state index contributed by atoms with van der Waals surface area (Å²) < 4.78 is 5.13. The van der Waals surface area contributed by atoms with Crippen molar-refractivity contribution in [3.8, 4) is 0 Å². The molecule has 3 amide bonds. The van der Waals surface area contributed by atoms with E-state index in [0.29, 0.717) is 12.3 Å². The Labute approximate surface area is 139 Å². The fourth-order valence-corrected chi connectivity index (χ4v) is 2.76. The summed E-state index contributed by atoms with van der Waals surface area (Å²) >= 11 is 1.63. The number of hydrogen-bond acceptors (Lipinski definition) is 4. The average Bonchev–Trinajstić information content (AvgIpc) is 3.17. The number of urea groups is 1. The molecular weight excluding hydrogens is 314 g/mol.